The van der Waals surface area contributed by atoms with Gasteiger partial charge in [0, 0.05) is 29.4 Å². The summed E-state index contributed by atoms with van der Waals surface area (Å²) in [5.41, 5.74) is 9.95. The van der Waals surface area contributed by atoms with Gasteiger partial charge in [-0.2, -0.15) is 0 Å². The molecule has 0 aliphatic carbocycles. The summed E-state index contributed by atoms with van der Waals surface area (Å²) in [6.45, 7) is 1.93. The molecule has 1 heterocycles. The van der Waals surface area contributed by atoms with Crippen molar-refractivity contribution in [2.45, 2.75) is 19.8 Å². The molecular formula is C20H20N4O2. The number of nitrogens with two attached hydrogens (primary N) is 1. The van der Waals surface area contributed by atoms with Gasteiger partial charge in [-0.05, 0) is 43.2 Å². The molecule has 3 aromatic rings. The first-order chi connectivity index (χ1) is 12.4. The highest BCUT2D eigenvalue weighted by Gasteiger charge is 2.09. The number of hydrogen-bond donors (Lipinski definition) is 3. The van der Waals surface area contributed by atoms with Gasteiger partial charge in [-0.3, -0.25) is 10.2 Å². The Hall–Kier alpha value is -3.41. The zero-order valence-electron chi connectivity index (χ0n) is 14.4. The SMILES string of the molecule is Cc1nc(-c2ccc(CCC(=O)O)cc2)cn1-c1ccc(C(=N)N)cc1. The van der Waals surface area contributed by atoms with Crippen molar-refractivity contribution >= 4 is 11.8 Å². The van der Waals surface area contributed by atoms with Crippen LogP contribution in [0.5, 0.6) is 0 Å². The number of benzene rings is 2. The van der Waals surface area contributed by atoms with Crippen LogP contribution in [0.4, 0.5) is 0 Å². The van der Waals surface area contributed by atoms with Crippen molar-refractivity contribution in [3.05, 3.63) is 71.7 Å². The Morgan fingerprint density at radius 1 is 1.15 bits per heavy atom. The van der Waals surface area contributed by atoms with Gasteiger partial charge in [0.25, 0.3) is 0 Å². The standard InChI is InChI=1S/C20H20N4O2/c1-13-23-18(15-5-2-14(3-6-15)4-11-19(25)26)12-24(13)17-9-7-16(8-10-17)20(21)22/h2-3,5-10,12H,4,11H2,1H3,(H3,21,22)(H,25,26). The first-order valence-corrected chi connectivity index (χ1v) is 8.26. The largest absolute Gasteiger partial charge is 0.481 e. The lowest BCUT2D eigenvalue weighted by atomic mass is 10.1. The van der Waals surface area contributed by atoms with Crippen LogP contribution >= 0.6 is 0 Å². The average molecular weight is 348 g/mol. The number of rotatable bonds is 6. The molecule has 0 bridgehead atoms. The second kappa shape index (κ2) is 7.23. The Morgan fingerprint density at radius 2 is 1.81 bits per heavy atom. The van der Waals surface area contributed by atoms with Gasteiger partial charge < -0.3 is 15.4 Å². The van der Waals surface area contributed by atoms with E-state index in [0.29, 0.717) is 12.0 Å². The molecule has 0 atom stereocenters. The summed E-state index contributed by atoms with van der Waals surface area (Å²) in [4.78, 5) is 15.3. The Kier molecular flexibility index (Phi) is 4.84. The zero-order valence-corrected chi connectivity index (χ0v) is 14.4. The van der Waals surface area contributed by atoms with E-state index in [4.69, 9.17) is 16.2 Å². The molecule has 0 amide bonds. The minimum atomic E-state index is -0.792. The van der Waals surface area contributed by atoms with E-state index >= 15 is 0 Å². The third-order valence-electron chi connectivity index (χ3n) is 4.22. The first-order valence-electron chi connectivity index (χ1n) is 8.26. The molecule has 0 saturated heterocycles. The van der Waals surface area contributed by atoms with Crippen molar-refractivity contribution in [1.82, 2.24) is 9.55 Å². The number of imidazole rings is 1. The molecule has 1 aromatic heterocycles. The van der Waals surface area contributed by atoms with Crippen molar-refractivity contribution in [2.24, 2.45) is 5.73 Å². The second-order valence-electron chi connectivity index (χ2n) is 6.09. The van der Waals surface area contributed by atoms with Crippen LogP contribution in [0, 0.1) is 12.3 Å². The predicted molar refractivity (Wildman–Crippen MR) is 101 cm³/mol. The molecule has 132 valence electrons. The fourth-order valence-corrected chi connectivity index (χ4v) is 2.77. The maximum Gasteiger partial charge on any atom is 0.303 e. The summed E-state index contributed by atoms with van der Waals surface area (Å²) in [5.74, 6) is 0.104. The summed E-state index contributed by atoms with van der Waals surface area (Å²) < 4.78 is 1.98. The molecule has 0 aliphatic rings. The van der Waals surface area contributed by atoms with Crippen molar-refractivity contribution < 1.29 is 9.90 Å². The number of carbonyl (C=O) groups is 1. The Labute approximate surface area is 151 Å². The number of carboxylic acids is 1. The van der Waals surface area contributed by atoms with Crippen LogP contribution in [0.1, 0.15) is 23.4 Å². The van der Waals surface area contributed by atoms with Crippen molar-refractivity contribution in [3.8, 4) is 16.9 Å². The van der Waals surface area contributed by atoms with E-state index in [9.17, 15) is 4.79 Å². The van der Waals surface area contributed by atoms with Crippen LogP contribution in [0.2, 0.25) is 0 Å². The molecule has 0 saturated carbocycles. The second-order valence-corrected chi connectivity index (χ2v) is 6.09. The van der Waals surface area contributed by atoms with Crippen molar-refractivity contribution in [2.75, 3.05) is 0 Å². The lowest BCUT2D eigenvalue weighted by Gasteiger charge is -2.05. The highest BCUT2D eigenvalue weighted by Crippen LogP contribution is 2.22. The molecule has 3 rings (SSSR count). The Balaban J connectivity index is 1.83. The number of carboxylic acid groups (broad SMARTS) is 1. The van der Waals surface area contributed by atoms with Crippen molar-refractivity contribution in [3.63, 3.8) is 0 Å². The number of aliphatic carboxylic acids is 1. The topological polar surface area (TPSA) is 105 Å². The van der Waals surface area contributed by atoms with Gasteiger partial charge in [-0.1, -0.05) is 24.3 Å². The average Bonchev–Trinajstić information content (AvgIpc) is 3.02. The van der Waals surface area contributed by atoms with Gasteiger partial charge >= 0.3 is 5.97 Å². The third kappa shape index (κ3) is 3.80. The number of hydrogen-bond acceptors (Lipinski definition) is 3. The van der Waals surface area contributed by atoms with Crippen LogP contribution in [0.3, 0.4) is 0 Å². The van der Waals surface area contributed by atoms with E-state index in [2.05, 4.69) is 4.98 Å². The summed E-state index contributed by atoms with van der Waals surface area (Å²) >= 11 is 0. The fourth-order valence-electron chi connectivity index (χ4n) is 2.77. The minimum absolute atomic E-state index is 0.0441. The lowest BCUT2D eigenvalue weighted by molar-refractivity contribution is -0.136. The van der Waals surface area contributed by atoms with Gasteiger partial charge in [0.1, 0.15) is 11.7 Å². The molecule has 26 heavy (non-hydrogen) atoms. The molecule has 4 N–H and O–H groups in total. The molecule has 6 heteroatoms. The van der Waals surface area contributed by atoms with E-state index in [1.807, 2.05) is 66.2 Å². The van der Waals surface area contributed by atoms with Crippen LogP contribution in [-0.4, -0.2) is 26.5 Å². The van der Waals surface area contributed by atoms with E-state index in [-0.39, 0.29) is 12.3 Å². The molecule has 0 spiro atoms. The van der Waals surface area contributed by atoms with Crippen LogP contribution < -0.4 is 5.73 Å². The van der Waals surface area contributed by atoms with E-state index in [1.54, 1.807) is 0 Å². The summed E-state index contributed by atoms with van der Waals surface area (Å²) in [6, 6.07) is 15.2. The van der Waals surface area contributed by atoms with Gasteiger partial charge in [0.15, 0.2) is 0 Å². The fraction of sp³-hybridized carbons (Fsp3) is 0.150. The molecule has 0 fully saturated rings. The highest BCUT2D eigenvalue weighted by molar-refractivity contribution is 5.95. The maximum absolute atomic E-state index is 10.7. The normalized spacial score (nSPS) is 10.7. The van der Waals surface area contributed by atoms with Crippen LogP contribution in [-0.2, 0) is 11.2 Å². The Morgan fingerprint density at radius 3 is 2.38 bits per heavy atom. The van der Waals surface area contributed by atoms with Gasteiger partial charge in [0.2, 0.25) is 0 Å². The third-order valence-corrected chi connectivity index (χ3v) is 4.22. The van der Waals surface area contributed by atoms with Crippen LogP contribution in [0.15, 0.2) is 54.7 Å². The summed E-state index contributed by atoms with van der Waals surface area (Å²) in [7, 11) is 0. The maximum atomic E-state index is 10.7. The summed E-state index contributed by atoms with van der Waals surface area (Å²) in [5, 5.41) is 16.2. The monoisotopic (exact) mass is 348 g/mol. The number of nitrogens with zero attached hydrogens (tertiary/aromatic N) is 2. The predicted octanol–water partition coefficient (Wildman–Crippen LogP) is 3.15. The van der Waals surface area contributed by atoms with Crippen molar-refractivity contribution in [1.29, 1.82) is 5.41 Å². The number of nitrogens with one attached hydrogen (secondary N) is 1. The quantitative estimate of drug-likeness (QED) is 0.470. The number of aromatic nitrogens is 2. The summed E-state index contributed by atoms with van der Waals surface area (Å²) in [6.07, 6.45) is 2.61. The smallest absolute Gasteiger partial charge is 0.303 e. The lowest BCUT2D eigenvalue weighted by Crippen LogP contribution is -2.10. The molecule has 0 unspecified atom stereocenters. The number of aryl methyl sites for hydroxylation is 2. The van der Waals surface area contributed by atoms with E-state index < -0.39 is 5.97 Å². The van der Waals surface area contributed by atoms with Gasteiger partial charge in [-0.15, -0.1) is 0 Å². The Bertz CT molecular complexity index is 941. The molecule has 0 aliphatic heterocycles. The van der Waals surface area contributed by atoms with Gasteiger partial charge in [0.05, 0.1) is 5.69 Å². The molecule has 6 nitrogen and oxygen atoms in total. The van der Waals surface area contributed by atoms with E-state index in [0.717, 1.165) is 28.3 Å². The molecular weight excluding hydrogens is 328 g/mol. The molecule has 0 radical (unpaired) electrons. The minimum Gasteiger partial charge on any atom is -0.481 e. The first kappa shape index (κ1) is 17.4. The number of nitrogen functional groups attached to an aromatic ring is 1. The molecule has 2 aromatic carbocycles. The van der Waals surface area contributed by atoms with Crippen LogP contribution in [0.25, 0.3) is 16.9 Å². The van der Waals surface area contributed by atoms with E-state index in [1.165, 1.54) is 0 Å². The highest BCUT2D eigenvalue weighted by atomic mass is 16.4. The van der Waals surface area contributed by atoms with Gasteiger partial charge in [-0.25, -0.2) is 4.98 Å². The zero-order chi connectivity index (χ0) is 18.7. The number of amidine groups is 1.